The summed E-state index contributed by atoms with van der Waals surface area (Å²) in [6.45, 7) is 3.59. The predicted molar refractivity (Wildman–Crippen MR) is 123 cm³/mol. The average molecular weight is 436 g/mol. The molecule has 0 aliphatic carbocycles. The van der Waals surface area contributed by atoms with E-state index in [4.69, 9.17) is 5.73 Å². The number of rotatable bonds is 9. The molecule has 169 valence electrons. The van der Waals surface area contributed by atoms with Crippen molar-refractivity contribution < 1.29 is 14.4 Å². The maximum atomic E-state index is 12.7. The molecule has 1 saturated heterocycles. The van der Waals surface area contributed by atoms with Crippen molar-refractivity contribution in [3.8, 4) is 11.3 Å². The molecular formula is C25H31N4O3. The Balaban J connectivity index is 1.49. The van der Waals surface area contributed by atoms with E-state index < -0.39 is 17.9 Å². The van der Waals surface area contributed by atoms with E-state index in [1.807, 2.05) is 24.3 Å². The summed E-state index contributed by atoms with van der Waals surface area (Å²) in [4.78, 5) is 42.5. The number of nitrogens with zero attached hydrogens (tertiary/aromatic N) is 2. The van der Waals surface area contributed by atoms with Crippen LogP contribution >= 0.6 is 0 Å². The third kappa shape index (κ3) is 6.99. The zero-order chi connectivity index (χ0) is 22.9. The second-order valence-electron chi connectivity index (χ2n) is 8.35. The van der Waals surface area contributed by atoms with E-state index in [0.717, 1.165) is 37.2 Å². The van der Waals surface area contributed by atoms with Crippen LogP contribution in [0.1, 0.15) is 31.7 Å². The number of nitrogens with two attached hydrogens (primary N) is 1. The van der Waals surface area contributed by atoms with E-state index in [2.05, 4.69) is 33.4 Å². The highest BCUT2D eigenvalue weighted by Crippen LogP contribution is 2.18. The zero-order valence-electron chi connectivity index (χ0n) is 18.5. The molecular weight excluding hydrogens is 404 g/mol. The van der Waals surface area contributed by atoms with Gasteiger partial charge in [0, 0.05) is 24.2 Å². The molecule has 1 aromatic heterocycles. The molecule has 2 atom stereocenters. The van der Waals surface area contributed by atoms with E-state index in [1.165, 1.54) is 12.0 Å². The molecule has 3 N–H and O–H groups in total. The van der Waals surface area contributed by atoms with Crippen LogP contribution < -0.4 is 11.1 Å². The molecule has 1 aliphatic heterocycles. The fraction of sp³-hybridized carbons (Fsp3) is 0.400. The molecule has 1 aliphatic rings. The zero-order valence-corrected chi connectivity index (χ0v) is 18.5. The van der Waals surface area contributed by atoms with Crippen LogP contribution in [0.5, 0.6) is 0 Å². The van der Waals surface area contributed by atoms with Crippen LogP contribution in [-0.2, 0) is 20.8 Å². The fourth-order valence-electron chi connectivity index (χ4n) is 3.77. The van der Waals surface area contributed by atoms with E-state index in [0.29, 0.717) is 13.0 Å². The number of benzene rings is 1. The van der Waals surface area contributed by atoms with Gasteiger partial charge in [0.25, 0.3) is 0 Å². The summed E-state index contributed by atoms with van der Waals surface area (Å²) in [6.07, 6.45) is 5.75. The first-order valence-corrected chi connectivity index (χ1v) is 11.1. The molecule has 1 fully saturated rings. The third-order valence-electron chi connectivity index (χ3n) is 5.80. The molecule has 1 aromatic carbocycles. The number of carbonyl (C=O) groups is 3. The van der Waals surface area contributed by atoms with Gasteiger partial charge in [-0.15, -0.1) is 0 Å². The molecule has 1 unspecified atom stereocenters. The predicted octanol–water partition coefficient (Wildman–Crippen LogP) is 2.16. The van der Waals surface area contributed by atoms with Crippen LogP contribution in [-0.4, -0.2) is 53.2 Å². The van der Waals surface area contributed by atoms with Gasteiger partial charge in [-0.3, -0.25) is 24.3 Å². The average Bonchev–Trinajstić information content (AvgIpc) is 2.97. The summed E-state index contributed by atoms with van der Waals surface area (Å²) < 4.78 is 0. The number of pyridine rings is 1. The van der Waals surface area contributed by atoms with Crippen LogP contribution in [0.15, 0.2) is 48.7 Å². The van der Waals surface area contributed by atoms with Crippen LogP contribution in [0.4, 0.5) is 0 Å². The van der Waals surface area contributed by atoms with E-state index >= 15 is 0 Å². The number of hydrogen-bond acceptors (Lipinski definition) is 5. The number of likely N-dealkylation sites (tertiary alicyclic amines) is 1. The number of Topliss-reactive ketones (excluding diaryl/α,β-unsaturated/α-hetero) is 1. The second-order valence-corrected chi connectivity index (χ2v) is 8.35. The van der Waals surface area contributed by atoms with Gasteiger partial charge in [0.15, 0.2) is 5.78 Å². The van der Waals surface area contributed by atoms with Gasteiger partial charge in [-0.05, 0) is 56.0 Å². The largest absolute Gasteiger partial charge is 0.369 e. The minimum Gasteiger partial charge on any atom is -0.369 e. The highest BCUT2D eigenvalue weighted by Gasteiger charge is 2.26. The van der Waals surface area contributed by atoms with Crippen molar-refractivity contribution >= 4 is 17.6 Å². The Kier molecular flexibility index (Phi) is 8.50. The summed E-state index contributed by atoms with van der Waals surface area (Å²) in [5.74, 6) is -1.15. The first-order valence-electron chi connectivity index (χ1n) is 11.1. The van der Waals surface area contributed by atoms with Gasteiger partial charge in [0.05, 0.1) is 24.7 Å². The van der Waals surface area contributed by atoms with E-state index in [1.54, 1.807) is 13.1 Å². The van der Waals surface area contributed by atoms with Gasteiger partial charge >= 0.3 is 0 Å². The molecule has 2 aromatic rings. The van der Waals surface area contributed by atoms with Gasteiger partial charge in [0.1, 0.15) is 0 Å². The molecule has 32 heavy (non-hydrogen) atoms. The number of ketones is 1. The van der Waals surface area contributed by atoms with E-state index in [9.17, 15) is 14.4 Å². The number of primary amides is 1. The normalized spacial score (nSPS) is 18.0. The molecule has 1 radical (unpaired) electrons. The number of hydrogen-bond donors (Lipinski definition) is 2. The first kappa shape index (κ1) is 23.6. The van der Waals surface area contributed by atoms with E-state index in [-0.39, 0.29) is 18.1 Å². The quantitative estimate of drug-likeness (QED) is 0.628. The minimum absolute atomic E-state index is 0.0226. The summed E-state index contributed by atoms with van der Waals surface area (Å²) >= 11 is 0. The number of carbonyl (C=O) groups excluding carboxylic acids is 3. The fourth-order valence-corrected chi connectivity index (χ4v) is 3.77. The van der Waals surface area contributed by atoms with Gasteiger partial charge in [-0.25, -0.2) is 0 Å². The standard InChI is InChI=1S/C25H31N4O3/c1-18(25(26)32)10-11-24(31)28-22-9-5-14-29(17-23(22)30)15-12-19-6-4-7-20(16-19)21-8-2-3-13-27-21/h2-4,6-8,11,13,16,18,22H,5,9-10,12,14-15,17H2,1H3,(H2,26,32)(H,28,31)/t18?,22-/m0/s1. The maximum Gasteiger partial charge on any atom is 0.224 e. The van der Waals surface area contributed by atoms with Crippen molar-refractivity contribution in [1.29, 1.82) is 0 Å². The minimum atomic E-state index is -0.486. The molecule has 0 spiro atoms. The van der Waals surface area contributed by atoms with Crippen molar-refractivity contribution in [1.82, 2.24) is 15.2 Å². The van der Waals surface area contributed by atoms with Gasteiger partial charge in [0.2, 0.25) is 11.8 Å². The molecule has 2 heterocycles. The Morgan fingerprint density at radius 3 is 2.88 bits per heavy atom. The van der Waals surface area contributed by atoms with Crippen molar-refractivity contribution in [2.24, 2.45) is 11.7 Å². The molecule has 3 rings (SSSR count). The van der Waals surface area contributed by atoms with Crippen molar-refractivity contribution in [2.45, 2.75) is 38.6 Å². The molecule has 7 nitrogen and oxygen atoms in total. The van der Waals surface area contributed by atoms with Crippen LogP contribution in [0.25, 0.3) is 11.3 Å². The second kappa shape index (κ2) is 11.5. The monoisotopic (exact) mass is 435 g/mol. The smallest absolute Gasteiger partial charge is 0.224 e. The number of aromatic nitrogens is 1. The Morgan fingerprint density at radius 1 is 1.28 bits per heavy atom. The Hall–Kier alpha value is -3.06. The highest BCUT2D eigenvalue weighted by molar-refractivity contribution is 5.93. The summed E-state index contributed by atoms with van der Waals surface area (Å²) in [6, 6.07) is 13.7. The van der Waals surface area contributed by atoms with Crippen LogP contribution in [0, 0.1) is 12.3 Å². The highest BCUT2D eigenvalue weighted by atomic mass is 16.2. The summed E-state index contributed by atoms with van der Waals surface area (Å²) in [5, 5.41) is 2.79. The molecule has 7 heteroatoms. The van der Waals surface area contributed by atoms with Crippen LogP contribution in [0.2, 0.25) is 0 Å². The lowest BCUT2D eigenvalue weighted by atomic mass is 10.0. The topological polar surface area (TPSA) is 105 Å². The molecule has 2 amide bonds. The first-order chi connectivity index (χ1) is 15.4. The lowest BCUT2D eigenvalue weighted by Gasteiger charge is -2.20. The Bertz CT molecular complexity index is 932. The lowest BCUT2D eigenvalue weighted by Crippen LogP contribution is -2.43. The maximum absolute atomic E-state index is 12.7. The lowest BCUT2D eigenvalue weighted by molar-refractivity contribution is -0.126. The van der Waals surface area contributed by atoms with Gasteiger partial charge in [-0.2, -0.15) is 0 Å². The number of nitrogens with one attached hydrogen (secondary N) is 1. The Labute approximate surface area is 189 Å². The summed E-state index contributed by atoms with van der Waals surface area (Å²) in [5.41, 5.74) is 8.45. The SMILES string of the molecule is CC(C[CH]C(=O)N[C@H]1CCCN(CCc2cccc(-c3ccccn3)c2)CC1=O)C(N)=O. The van der Waals surface area contributed by atoms with Crippen molar-refractivity contribution in [3.63, 3.8) is 0 Å². The molecule has 0 bridgehead atoms. The van der Waals surface area contributed by atoms with Crippen molar-refractivity contribution in [2.75, 3.05) is 19.6 Å². The molecule has 0 saturated carbocycles. The van der Waals surface area contributed by atoms with Crippen LogP contribution in [0.3, 0.4) is 0 Å². The van der Waals surface area contributed by atoms with Gasteiger partial charge in [-0.1, -0.05) is 31.2 Å². The summed E-state index contributed by atoms with van der Waals surface area (Å²) in [7, 11) is 0. The number of amides is 2. The third-order valence-corrected chi connectivity index (χ3v) is 5.80. The Morgan fingerprint density at radius 2 is 2.12 bits per heavy atom. The van der Waals surface area contributed by atoms with Crippen molar-refractivity contribution in [3.05, 3.63) is 60.6 Å². The van der Waals surface area contributed by atoms with Gasteiger partial charge < -0.3 is 11.1 Å².